The Bertz CT molecular complexity index is 807. The number of carbonyl (C=O) groups excluding carboxylic acids is 1. The molecular formula is C17H15BrN2O4. The van der Waals surface area contributed by atoms with Crippen LogP contribution < -0.4 is 14.9 Å². The standard InChI is InChI=1S/C17H15BrN2O4/c1-10-6-12(18)7-11(16(10)21)8-19-20-17(22)15-9-23-13-4-2-3-5-14(13)24-15/h2-8,15,21H,9H2,1H3,(H,20,22)/b19-8+. The topological polar surface area (TPSA) is 80.2 Å². The predicted molar refractivity (Wildman–Crippen MR) is 92.6 cm³/mol. The normalized spacial score (nSPS) is 16.2. The van der Waals surface area contributed by atoms with E-state index in [-0.39, 0.29) is 12.4 Å². The molecule has 0 saturated carbocycles. The van der Waals surface area contributed by atoms with E-state index in [1.54, 1.807) is 37.3 Å². The van der Waals surface area contributed by atoms with Gasteiger partial charge in [0.25, 0.3) is 5.91 Å². The quantitative estimate of drug-likeness (QED) is 0.623. The summed E-state index contributed by atoms with van der Waals surface area (Å²) in [5, 5.41) is 13.9. The van der Waals surface area contributed by atoms with Crippen LogP contribution in [0.5, 0.6) is 17.2 Å². The first kappa shape index (κ1) is 16.3. The Morgan fingerprint density at radius 2 is 2.12 bits per heavy atom. The van der Waals surface area contributed by atoms with Gasteiger partial charge in [-0.3, -0.25) is 4.79 Å². The molecule has 1 heterocycles. The molecule has 1 unspecified atom stereocenters. The number of halogens is 1. The number of carbonyl (C=O) groups is 1. The van der Waals surface area contributed by atoms with Crippen LogP contribution in [0.15, 0.2) is 46.0 Å². The average Bonchev–Trinajstić information content (AvgIpc) is 2.58. The van der Waals surface area contributed by atoms with Gasteiger partial charge in [-0.25, -0.2) is 5.43 Å². The van der Waals surface area contributed by atoms with Crippen molar-refractivity contribution < 1.29 is 19.4 Å². The molecule has 3 rings (SSSR count). The molecule has 2 aromatic carbocycles. The summed E-state index contributed by atoms with van der Waals surface area (Å²) in [4.78, 5) is 12.1. The number of aromatic hydroxyl groups is 1. The minimum atomic E-state index is -0.783. The maximum absolute atomic E-state index is 12.1. The van der Waals surface area contributed by atoms with E-state index in [0.717, 1.165) is 4.47 Å². The molecule has 7 heteroatoms. The first-order chi connectivity index (χ1) is 11.5. The Balaban J connectivity index is 1.64. The van der Waals surface area contributed by atoms with Gasteiger partial charge < -0.3 is 14.6 Å². The number of rotatable bonds is 3. The van der Waals surface area contributed by atoms with Crippen LogP contribution in [-0.4, -0.2) is 29.9 Å². The highest BCUT2D eigenvalue weighted by atomic mass is 79.9. The predicted octanol–water partition coefficient (Wildman–Crippen LogP) is 2.75. The van der Waals surface area contributed by atoms with Gasteiger partial charge in [-0.1, -0.05) is 28.1 Å². The molecular weight excluding hydrogens is 376 g/mol. The van der Waals surface area contributed by atoms with Crippen LogP contribution in [0.1, 0.15) is 11.1 Å². The number of amides is 1. The maximum atomic E-state index is 12.1. The number of hydrazone groups is 1. The summed E-state index contributed by atoms with van der Waals surface area (Å²) in [6.45, 7) is 1.89. The lowest BCUT2D eigenvalue weighted by Crippen LogP contribution is -2.42. The summed E-state index contributed by atoms with van der Waals surface area (Å²) in [5.74, 6) is 0.821. The van der Waals surface area contributed by atoms with Gasteiger partial charge in [0.1, 0.15) is 12.4 Å². The van der Waals surface area contributed by atoms with Gasteiger partial charge in [0.05, 0.1) is 6.21 Å². The van der Waals surface area contributed by atoms with Gasteiger partial charge in [-0.05, 0) is 36.8 Å². The van der Waals surface area contributed by atoms with E-state index in [4.69, 9.17) is 9.47 Å². The van der Waals surface area contributed by atoms with Crippen molar-refractivity contribution in [3.63, 3.8) is 0 Å². The third kappa shape index (κ3) is 3.51. The molecule has 2 aromatic rings. The summed E-state index contributed by atoms with van der Waals surface area (Å²) in [6.07, 6.45) is 0.595. The molecule has 0 aliphatic carbocycles. The van der Waals surface area contributed by atoms with E-state index in [1.165, 1.54) is 6.21 Å². The van der Waals surface area contributed by atoms with Crippen molar-refractivity contribution in [2.24, 2.45) is 5.10 Å². The summed E-state index contributed by atoms with van der Waals surface area (Å²) in [7, 11) is 0. The first-order valence-corrected chi connectivity index (χ1v) is 8.04. The third-order valence-corrected chi connectivity index (χ3v) is 3.93. The Morgan fingerprint density at radius 3 is 2.92 bits per heavy atom. The first-order valence-electron chi connectivity index (χ1n) is 7.25. The fourth-order valence-electron chi connectivity index (χ4n) is 2.25. The molecule has 1 atom stereocenters. The third-order valence-electron chi connectivity index (χ3n) is 3.47. The van der Waals surface area contributed by atoms with Gasteiger partial charge >= 0.3 is 0 Å². The summed E-state index contributed by atoms with van der Waals surface area (Å²) >= 11 is 3.35. The summed E-state index contributed by atoms with van der Waals surface area (Å²) < 4.78 is 11.9. The largest absolute Gasteiger partial charge is 0.507 e. The van der Waals surface area contributed by atoms with Crippen LogP contribution in [0.25, 0.3) is 0 Å². The second-order valence-electron chi connectivity index (χ2n) is 5.26. The highest BCUT2D eigenvalue weighted by Crippen LogP contribution is 2.30. The van der Waals surface area contributed by atoms with Gasteiger partial charge in [0.15, 0.2) is 11.5 Å². The minimum absolute atomic E-state index is 0.111. The number of phenolic OH excluding ortho intramolecular Hbond substituents is 1. The Kier molecular flexibility index (Phi) is 4.71. The van der Waals surface area contributed by atoms with Crippen molar-refractivity contribution >= 4 is 28.1 Å². The smallest absolute Gasteiger partial charge is 0.284 e. The Hall–Kier alpha value is -2.54. The van der Waals surface area contributed by atoms with E-state index in [9.17, 15) is 9.90 Å². The molecule has 124 valence electrons. The van der Waals surface area contributed by atoms with E-state index in [2.05, 4.69) is 26.5 Å². The van der Waals surface area contributed by atoms with Crippen LogP contribution in [0.3, 0.4) is 0 Å². The molecule has 1 aliphatic rings. The van der Waals surface area contributed by atoms with Gasteiger partial charge in [-0.2, -0.15) is 5.10 Å². The number of aryl methyl sites for hydroxylation is 1. The number of nitrogens with one attached hydrogen (secondary N) is 1. The Labute approximate surface area is 147 Å². The lowest BCUT2D eigenvalue weighted by Gasteiger charge is -2.24. The molecule has 0 spiro atoms. The number of hydrogen-bond acceptors (Lipinski definition) is 5. The van der Waals surface area contributed by atoms with Crippen molar-refractivity contribution in [2.45, 2.75) is 13.0 Å². The van der Waals surface area contributed by atoms with Crippen molar-refractivity contribution in [2.75, 3.05) is 6.61 Å². The zero-order chi connectivity index (χ0) is 17.1. The molecule has 1 amide bonds. The maximum Gasteiger partial charge on any atom is 0.284 e. The number of ether oxygens (including phenoxy) is 2. The molecule has 0 saturated heterocycles. The van der Waals surface area contributed by atoms with E-state index in [1.807, 2.05) is 6.07 Å². The van der Waals surface area contributed by atoms with Gasteiger partial charge in [-0.15, -0.1) is 0 Å². The van der Waals surface area contributed by atoms with E-state index in [0.29, 0.717) is 22.6 Å². The molecule has 6 nitrogen and oxygen atoms in total. The van der Waals surface area contributed by atoms with Crippen LogP contribution in [0, 0.1) is 6.92 Å². The number of fused-ring (bicyclic) bond motifs is 1. The van der Waals surface area contributed by atoms with Crippen molar-refractivity contribution in [3.8, 4) is 17.2 Å². The lowest BCUT2D eigenvalue weighted by atomic mass is 10.1. The lowest BCUT2D eigenvalue weighted by molar-refractivity contribution is -0.130. The zero-order valence-corrected chi connectivity index (χ0v) is 14.4. The van der Waals surface area contributed by atoms with Crippen LogP contribution in [-0.2, 0) is 4.79 Å². The van der Waals surface area contributed by atoms with Gasteiger partial charge in [0, 0.05) is 10.0 Å². The highest BCUT2D eigenvalue weighted by molar-refractivity contribution is 9.10. The molecule has 0 fully saturated rings. The fraction of sp³-hybridized carbons (Fsp3) is 0.176. The summed E-state index contributed by atoms with van der Waals surface area (Å²) in [5.41, 5.74) is 3.60. The number of para-hydroxylation sites is 2. The molecule has 24 heavy (non-hydrogen) atoms. The highest BCUT2D eigenvalue weighted by Gasteiger charge is 2.26. The molecule has 0 radical (unpaired) electrons. The number of benzene rings is 2. The Morgan fingerprint density at radius 1 is 1.38 bits per heavy atom. The van der Waals surface area contributed by atoms with Crippen molar-refractivity contribution in [1.82, 2.24) is 5.43 Å². The average molecular weight is 391 g/mol. The van der Waals surface area contributed by atoms with Crippen molar-refractivity contribution in [1.29, 1.82) is 0 Å². The fourth-order valence-corrected chi connectivity index (χ4v) is 2.84. The van der Waals surface area contributed by atoms with Gasteiger partial charge in [0.2, 0.25) is 6.10 Å². The van der Waals surface area contributed by atoms with Crippen molar-refractivity contribution in [3.05, 3.63) is 52.0 Å². The molecule has 1 aliphatic heterocycles. The zero-order valence-electron chi connectivity index (χ0n) is 12.8. The minimum Gasteiger partial charge on any atom is -0.507 e. The second-order valence-corrected chi connectivity index (χ2v) is 6.17. The summed E-state index contributed by atoms with van der Waals surface area (Å²) in [6, 6.07) is 10.6. The number of nitrogens with zero attached hydrogens (tertiary/aromatic N) is 1. The monoisotopic (exact) mass is 390 g/mol. The van der Waals surface area contributed by atoms with E-state index < -0.39 is 12.0 Å². The van der Waals surface area contributed by atoms with Crippen LogP contribution in [0.4, 0.5) is 0 Å². The molecule has 2 N–H and O–H groups in total. The second kappa shape index (κ2) is 6.92. The van der Waals surface area contributed by atoms with E-state index >= 15 is 0 Å². The SMILES string of the molecule is Cc1cc(Br)cc(/C=N/NC(=O)C2COc3ccccc3O2)c1O. The molecule has 0 aromatic heterocycles. The number of hydrogen-bond donors (Lipinski definition) is 2. The molecule has 0 bridgehead atoms. The number of phenols is 1. The van der Waals surface area contributed by atoms with Crippen LogP contribution in [0.2, 0.25) is 0 Å². The van der Waals surface area contributed by atoms with Crippen LogP contribution >= 0.6 is 15.9 Å².